The summed E-state index contributed by atoms with van der Waals surface area (Å²) in [6.45, 7) is 4.63. The van der Waals surface area contributed by atoms with Crippen LogP contribution in [0.3, 0.4) is 0 Å². The number of halogens is 2. The molecule has 5 rings (SSSR count). The van der Waals surface area contributed by atoms with Crippen LogP contribution in [-0.2, 0) is 9.59 Å². The molecule has 0 aliphatic carbocycles. The zero-order valence-electron chi connectivity index (χ0n) is 20.5. The number of likely N-dealkylation sites (tertiary alicyclic amines) is 1. The van der Waals surface area contributed by atoms with E-state index in [9.17, 15) is 9.59 Å². The maximum Gasteiger partial charge on any atom is 0.257 e. The molecule has 0 atom stereocenters. The monoisotopic (exact) mass is 539 g/mol. The first-order chi connectivity index (χ1) is 17.1. The summed E-state index contributed by atoms with van der Waals surface area (Å²) >= 11 is 6.14. The number of imide groups is 1. The van der Waals surface area contributed by atoms with E-state index >= 15 is 0 Å². The minimum atomic E-state index is -0.171. The van der Waals surface area contributed by atoms with Crippen LogP contribution in [0, 0.1) is 0 Å². The number of hydrogen-bond donors (Lipinski definition) is 0. The lowest BCUT2D eigenvalue weighted by molar-refractivity contribution is -0.137. The van der Waals surface area contributed by atoms with Gasteiger partial charge in [0.2, 0.25) is 5.91 Å². The Morgan fingerprint density at radius 2 is 1.35 bits per heavy atom. The highest BCUT2D eigenvalue weighted by Gasteiger charge is 2.36. The number of benzene rings is 3. The third-order valence-corrected chi connectivity index (χ3v) is 6.98. The topological polar surface area (TPSA) is 75.4 Å². The van der Waals surface area contributed by atoms with E-state index in [1.54, 1.807) is 0 Å². The molecule has 0 unspecified atom stereocenters. The van der Waals surface area contributed by atoms with Gasteiger partial charge in [-0.25, -0.2) is 0 Å². The van der Waals surface area contributed by atoms with Crippen LogP contribution in [0.5, 0.6) is 0 Å². The third-order valence-electron chi connectivity index (χ3n) is 6.74. The van der Waals surface area contributed by atoms with Crippen LogP contribution in [0.4, 0.5) is 5.69 Å². The predicted molar refractivity (Wildman–Crippen MR) is 151 cm³/mol. The number of hydrogen-bond acceptors (Lipinski definition) is 4. The average molecular weight is 540 g/mol. The van der Waals surface area contributed by atoms with Crippen molar-refractivity contribution >= 4 is 47.1 Å². The molecule has 3 aromatic rings. The van der Waals surface area contributed by atoms with Crippen LogP contribution in [0.25, 0.3) is 5.57 Å². The van der Waals surface area contributed by atoms with E-state index in [1.807, 2.05) is 78.9 Å². The molecule has 2 fully saturated rings. The molecule has 2 N–H and O–H groups in total. The smallest absolute Gasteiger partial charge is 0.257 e. The fourth-order valence-corrected chi connectivity index (χ4v) is 5.07. The first kappa shape index (κ1) is 28.4. The second-order valence-corrected chi connectivity index (χ2v) is 9.36. The number of carbonyl (C=O) groups is 2. The van der Waals surface area contributed by atoms with Crippen molar-refractivity contribution < 1.29 is 15.1 Å². The van der Waals surface area contributed by atoms with Gasteiger partial charge in [-0.3, -0.25) is 19.4 Å². The zero-order chi connectivity index (χ0) is 24.2. The maximum atomic E-state index is 13.5. The van der Waals surface area contributed by atoms with Gasteiger partial charge in [0, 0.05) is 55.6 Å². The minimum absolute atomic E-state index is 0. The van der Waals surface area contributed by atoms with Crippen LogP contribution in [-0.4, -0.2) is 66.4 Å². The van der Waals surface area contributed by atoms with Gasteiger partial charge in [0.25, 0.3) is 5.91 Å². The maximum absolute atomic E-state index is 13.5. The van der Waals surface area contributed by atoms with E-state index in [1.165, 1.54) is 4.90 Å². The molecule has 0 radical (unpaired) electrons. The van der Waals surface area contributed by atoms with E-state index in [0.717, 1.165) is 53.6 Å². The van der Waals surface area contributed by atoms with Gasteiger partial charge in [0.15, 0.2) is 0 Å². The molecule has 2 aliphatic heterocycles. The summed E-state index contributed by atoms with van der Waals surface area (Å²) in [5, 5.41) is 0.741. The van der Waals surface area contributed by atoms with Crippen molar-refractivity contribution in [2.75, 3.05) is 44.2 Å². The lowest BCUT2D eigenvalue weighted by Gasteiger charge is -2.36. The predicted octanol–water partition coefficient (Wildman–Crippen LogP) is 4.32. The van der Waals surface area contributed by atoms with Crippen molar-refractivity contribution in [3.63, 3.8) is 0 Å². The number of carbonyl (C=O) groups excluding carboxylic acids is 2. The number of nitrogens with zero attached hydrogens (tertiary/aromatic N) is 3. The van der Waals surface area contributed by atoms with Crippen LogP contribution >= 0.6 is 24.0 Å². The summed E-state index contributed by atoms with van der Waals surface area (Å²) in [7, 11) is 0. The summed E-state index contributed by atoms with van der Waals surface area (Å²) in [5.74, 6) is -0.290. The van der Waals surface area contributed by atoms with Crippen LogP contribution in [0.1, 0.15) is 17.5 Å². The molecule has 0 aromatic heterocycles. The molecular weight excluding hydrogens is 509 g/mol. The fourth-order valence-electron chi connectivity index (χ4n) is 4.89. The highest BCUT2D eigenvalue weighted by atomic mass is 35.5. The zero-order valence-corrected chi connectivity index (χ0v) is 22.0. The number of piperazine rings is 1. The van der Waals surface area contributed by atoms with Gasteiger partial charge in [0.05, 0.1) is 6.42 Å². The summed E-state index contributed by atoms with van der Waals surface area (Å²) in [6, 6.07) is 27.7. The first-order valence-electron chi connectivity index (χ1n) is 12.0. The molecular formula is C29H31Cl2N3O3. The molecule has 2 saturated heterocycles. The van der Waals surface area contributed by atoms with Crippen molar-refractivity contribution in [1.29, 1.82) is 0 Å². The van der Waals surface area contributed by atoms with Gasteiger partial charge in [-0.05, 0) is 34.9 Å². The van der Waals surface area contributed by atoms with Gasteiger partial charge < -0.3 is 10.4 Å². The number of amides is 2. The fraction of sp³-hybridized carbons (Fsp3) is 0.241. The van der Waals surface area contributed by atoms with Crippen molar-refractivity contribution in [1.82, 2.24) is 9.80 Å². The van der Waals surface area contributed by atoms with Gasteiger partial charge in [-0.2, -0.15) is 0 Å². The van der Waals surface area contributed by atoms with Crippen molar-refractivity contribution in [3.05, 3.63) is 107 Å². The lowest BCUT2D eigenvalue weighted by atomic mass is 9.92. The summed E-state index contributed by atoms with van der Waals surface area (Å²) in [4.78, 5) is 32.5. The molecule has 6 nitrogen and oxygen atoms in total. The largest absolute Gasteiger partial charge is 0.412 e. The molecule has 0 spiro atoms. The Balaban J connectivity index is 0.00000190. The Labute approximate surface area is 228 Å². The number of rotatable bonds is 6. The average Bonchev–Trinajstić information content (AvgIpc) is 3.17. The molecule has 2 heterocycles. The highest BCUT2D eigenvalue weighted by molar-refractivity contribution is 6.30. The minimum Gasteiger partial charge on any atom is -0.412 e. The molecule has 194 valence electrons. The van der Waals surface area contributed by atoms with Crippen LogP contribution < -0.4 is 4.90 Å². The van der Waals surface area contributed by atoms with Gasteiger partial charge in [0.1, 0.15) is 0 Å². The standard InChI is InChI=1S/C29H28ClN3O2.ClH.H2O/c30-24-12-7-13-25(20-24)32-17-14-31(15-18-32)16-19-33-27(34)21-26(29(33)35)28(22-8-3-1-4-9-22)23-10-5-2-6-11-23;;/h1-13,20H,14-19,21H2;1H;1H2. The van der Waals surface area contributed by atoms with E-state index in [4.69, 9.17) is 11.6 Å². The van der Waals surface area contributed by atoms with E-state index in [0.29, 0.717) is 18.7 Å². The normalized spacial score (nSPS) is 15.9. The molecule has 0 bridgehead atoms. The van der Waals surface area contributed by atoms with E-state index in [-0.39, 0.29) is 36.1 Å². The SMILES string of the molecule is Cl.O.O=C1CC(=C(c2ccccc2)c2ccccc2)C(=O)N1CCN1CCN(c2cccc(Cl)c2)CC1. The molecule has 2 aliphatic rings. The van der Waals surface area contributed by atoms with Crippen molar-refractivity contribution in [3.8, 4) is 0 Å². The Hall–Kier alpha value is -3.16. The Bertz CT molecular complexity index is 1200. The van der Waals surface area contributed by atoms with Crippen LogP contribution in [0.15, 0.2) is 90.5 Å². The Morgan fingerprint density at radius 3 is 1.92 bits per heavy atom. The van der Waals surface area contributed by atoms with E-state index < -0.39 is 0 Å². The summed E-state index contributed by atoms with van der Waals surface area (Å²) in [5.41, 5.74) is 4.47. The second-order valence-electron chi connectivity index (χ2n) is 8.92. The van der Waals surface area contributed by atoms with Gasteiger partial charge >= 0.3 is 0 Å². The Morgan fingerprint density at radius 1 is 0.757 bits per heavy atom. The Kier molecular flexibility index (Phi) is 9.89. The second kappa shape index (κ2) is 12.9. The van der Waals surface area contributed by atoms with Crippen molar-refractivity contribution in [2.24, 2.45) is 0 Å². The molecule has 8 heteroatoms. The molecule has 3 aromatic carbocycles. The van der Waals surface area contributed by atoms with Gasteiger partial charge in [-0.1, -0.05) is 78.3 Å². The quantitative estimate of drug-likeness (QED) is 0.345. The molecule has 37 heavy (non-hydrogen) atoms. The molecule has 2 amide bonds. The summed E-state index contributed by atoms with van der Waals surface area (Å²) in [6.07, 6.45) is 0.139. The third kappa shape index (κ3) is 6.40. The highest BCUT2D eigenvalue weighted by Crippen LogP contribution is 2.33. The first-order valence-corrected chi connectivity index (χ1v) is 12.4. The summed E-state index contributed by atoms with van der Waals surface area (Å²) < 4.78 is 0. The number of anilines is 1. The lowest BCUT2D eigenvalue weighted by Crippen LogP contribution is -2.49. The molecule has 0 saturated carbocycles. The van der Waals surface area contributed by atoms with Gasteiger partial charge in [-0.15, -0.1) is 12.4 Å². The van der Waals surface area contributed by atoms with Crippen molar-refractivity contribution in [2.45, 2.75) is 6.42 Å². The van der Waals surface area contributed by atoms with Crippen LogP contribution in [0.2, 0.25) is 5.02 Å². The van der Waals surface area contributed by atoms with E-state index in [2.05, 4.69) is 15.9 Å².